The summed E-state index contributed by atoms with van der Waals surface area (Å²) in [7, 11) is -0.194. The Labute approximate surface area is 185 Å². The van der Waals surface area contributed by atoms with Crippen LogP contribution in [0.15, 0.2) is 72.8 Å². The van der Waals surface area contributed by atoms with Crippen LogP contribution < -0.4 is 24.8 Å². The fourth-order valence-corrected chi connectivity index (χ4v) is 2.61. The normalized spacial score (nSPS) is 9.15. The first-order valence-electron chi connectivity index (χ1n) is 8.21. The molecule has 0 fully saturated rings. The van der Waals surface area contributed by atoms with Crippen molar-refractivity contribution in [1.29, 1.82) is 0 Å². The van der Waals surface area contributed by atoms with E-state index < -0.39 is 0 Å². The Morgan fingerprint density at radius 3 is 1.31 bits per heavy atom. The molecule has 0 bridgehead atoms. The molecule has 4 heteroatoms. The maximum Gasteiger partial charge on any atom is -1.00 e. The van der Waals surface area contributed by atoms with Crippen molar-refractivity contribution < 1.29 is 46.1 Å². The van der Waals surface area contributed by atoms with Crippen LogP contribution in [0.5, 0.6) is 0 Å². The molecule has 4 rings (SSSR count). The zero-order valence-electron chi connectivity index (χ0n) is 15.7. The van der Waals surface area contributed by atoms with Crippen LogP contribution in [0.1, 0.15) is 11.1 Å². The number of benzene rings is 2. The van der Waals surface area contributed by atoms with Crippen LogP contribution in [0.3, 0.4) is 0 Å². The molecule has 0 spiro atoms. The van der Waals surface area contributed by atoms with Gasteiger partial charge in [0.05, 0.1) is 0 Å². The van der Waals surface area contributed by atoms with E-state index in [1.54, 1.807) is 0 Å². The molecule has 26 heavy (non-hydrogen) atoms. The summed E-state index contributed by atoms with van der Waals surface area (Å²) < 4.78 is 0. The molecule has 0 heterocycles. The largest absolute Gasteiger partial charge is 1.00 e. The van der Waals surface area contributed by atoms with Gasteiger partial charge < -0.3 is 24.8 Å². The standard InChI is InChI=1S/2C10H9.C2H6Ge.2ClH.Hf/c2*1-8-6-9-4-2-3-5-10(9)7-8;1-3-2;;;/h2*2-7H,1H3;1-2H3;2*1H;/q2*-1;;;;+2/p-2. The molecule has 0 amide bonds. The number of aryl methyl sites for hydroxylation is 2. The Morgan fingerprint density at radius 1 is 0.692 bits per heavy atom. The van der Waals surface area contributed by atoms with E-state index in [-0.39, 0.29) is 34.9 Å². The number of hydrogen-bond acceptors (Lipinski definition) is 0. The number of rotatable bonds is 0. The van der Waals surface area contributed by atoms with Crippen molar-refractivity contribution in [3.05, 3.63) is 83.9 Å². The Kier molecular flexibility index (Phi) is 12.8. The van der Waals surface area contributed by atoms with Crippen molar-refractivity contribution in [1.82, 2.24) is 0 Å². The molecule has 4 aromatic carbocycles. The van der Waals surface area contributed by atoms with E-state index in [1.165, 1.54) is 53.9 Å². The molecule has 0 N–H and O–H groups in total. The third kappa shape index (κ3) is 8.56. The summed E-state index contributed by atoms with van der Waals surface area (Å²) >= 11 is 1.52. The van der Waals surface area contributed by atoms with E-state index >= 15 is 0 Å². The molecule has 0 radical (unpaired) electrons. The number of hydrogen-bond donors (Lipinski definition) is 0. The van der Waals surface area contributed by atoms with E-state index in [1.807, 2.05) is 0 Å². The summed E-state index contributed by atoms with van der Waals surface area (Å²) in [6, 6.07) is 25.7. The van der Waals surface area contributed by atoms with Crippen LogP contribution in [0, 0.1) is 13.8 Å². The smallest absolute Gasteiger partial charge is 1.00 e. The molecule has 0 unspecified atom stereocenters. The van der Waals surface area contributed by atoms with Gasteiger partial charge in [0.1, 0.15) is 0 Å². The van der Waals surface area contributed by atoms with E-state index in [2.05, 4.69) is 98.2 Å². The average molecular weight is 610 g/mol. The number of fused-ring (bicyclic) bond motifs is 2. The second-order valence-corrected chi connectivity index (χ2v) is 29.2. The zero-order chi connectivity index (χ0) is 17.5. The van der Waals surface area contributed by atoms with Crippen molar-refractivity contribution in [2.45, 2.75) is 25.4 Å². The SMILES string of the molecule is Cc1cc2ccccc2[cH-]1.Cc1cc2ccccc2[cH-]1.[CH3][Ge]([CH3])=[Hf+2].[Cl-].[Cl-]. The third-order valence-electron chi connectivity index (χ3n) is 3.52. The molecule has 0 aliphatic rings. The van der Waals surface area contributed by atoms with E-state index in [9.17, 15) is 0 Å². The van der Waals surface area contributed by atoms with Crippen molar-refractivity contribution in [2.24, 2.45) is 0 Å². The summed E-state index contributed by atoms with van der Waals surface area (Å²) in [5, 5.41) is 5.39. The van der Waals surface area contributed by atoms with Gasteiger partial charge in [-0.1, -0.05) is 26.0 Å². The average Bonchev–Trinajstić information content (AvgIpc) is 3.07. The Morgan fingerprint density at radius 2 is 1.00 bits per heavy atom. The van der Waals surface area contributed by atoms with Crippen molar-refractivity contribution in [2.75, 3.05) is 0 Å². The maximum atomic E-state index is 2.40. The molecule has 0 saturated heterocycles. The van der Waals surface area contributed by atoms with Crippen LogP contribution in [0.2, 0.25) is 11.5 Å². The second-order valence-electron chi connectivity index (χ2n) is 6.32. The van der Waals surface area contributed by atoms with Gasteiger partial charge in [0.2, 0.25) is 0 Å². The molecule has 4 aromatic rings. The summed E-state index contributed by atoms with van der Waals surface area (Å²) in [5.74, 6) is 4.79. The van der Waals surface area contributed by atoms with Crippen molar-refractivity contribution >= 4 is 31.6 Å². The van der Waals surface area contributed by atoms with Gasteiger partial charge in [-0.2, -0.15) is 12.1 Å². The van der Waals surface area contributed by atoms with Gasteiger partial charge in [-0.25, -0.2) is 0 Å². The van der Waals surface area contributed by atoms with Gasteiger partial charge in [-0.15, -0.1) is 81.2 Å². The van der Waals surface area contributed by atoms with Crippen molar-refractivity contribution in [3.8, 4) is 0 Å². The first-order valence-corrected chi connectivity index (χ1v) is 22.8. The second kappa shape index (κ2) is 12.9. The minimum Gasteiger partial charge on any atom is -1.00 e. The molecule has 0 atom stereocenters. The van der Waals surface area contributed by atoms with Gasteiger partial charge in [-0.3, -0.25) is 0 Å². The monoisotopic (exact) mass is 612 g/mol. The summed E-state index contributed by atoms with van der Waals surface area (Å²) in [4.78, 5) is 0. The van der Waals surface area contributed by atoms with Crippen LogP contribution >= 0.6 is 0 Å². The molecule has 0 aliphatic heterocycles. The predicted molar refractivity (Wildman–Crippen MR) is 106 cm³/mol. The first kappa shape index (κ1) is 25.7. The van der Waals surface area contributed by atoms with E-state index in [0.717, 1.165) is 0 Å². The summed E-state index contributed by atoms with van der Waals surface area (Å²) in [5.41, 5.74) is 2.70. The summed E-state index contributed by atoms with van der Waals surface area (Å²) in [6.07, 6.45) is 0. The van der Waals surface area contributed by atoms with Crippen LogP contribution in [-0.4, -0.2) is 10.1 Å². The van der Waals surface area contributed by atoms with Gasteiger partial charge >= 0.3 is 42.8 Å². The molecule has 136 valence electrons. The van der Waals surface area contributed by atoms with Crippen molar-refractivity contribution in [3.63, 3.8) is 0 Å². The van der Waals surface area contributed by atoms with E-state index in [4.69, 9.17) is 0 Å². The van der Waals surface area contributed by atoms with Gasteiger partial charge in [0.15, 0.2) is 0 Å². The maximum absolute atomic E-state index is 2.40. The Bertz CT molecular complexity index is 795. The van der Waals surface area contributed by atoms with Crippen LogP contribution in [0.25, 0.3) is 21.5 Å². The molecule has 0 aromatic heterocycles. The molecular weight excluding hydrogens is 586 g/mol. The number of halogens is 2. The minimum atomic E-state index is -0.194. The van der Waals surface area contributed by atoms with Crippen LogP contribution in [-0.2, 0) is 21.3 Å². The molecular formula is C22H24Cl2GeHf-2. The van der Waals surface area contributed by atoms with E-state index in [0.29, 0.717) is 0 Å². The minimum absolute atomic E-state index is 0. The fraction of sp³-hybridized carbons (Fsp3) is 0.182. The molecule has 0 saturated carbocycles. The summed E-state index contributed by atoms with van der Waals surface area (Å²) in [6.45, 7) is 4.25. The zero-order valence-corrected chi connectivity index (χ0v) is 22.9. The van der Waals surface area contributed by atoms with Gasteiger partial charge in [0, 0.05) is 0 Å². The topological polar surface area (TPSA) is 0 Å². The molecule has 0 aliphatic carbocycles. The first-order chi connectivity index (χ1) is 11.5. The van der Waals surface area contributed by atoms with Gasteiger partial charge in [-0.05, 0) is 0 Å². The fourth-order valence-electron chi connectivity index (χ4n) is 2.61. The van der Waals surface area contributed by atoms with Crippen LogP contribution in [0.4, 0.5) is 0 Å². The predicted octanol–water partition coefficient (Wildman–Crippen LogP) is 0.527. The Balaban J connectivity index is 0.000000378. The third-order valence-corrected chi connectivity index (χ3v) is 3.52. The van der Waals surface area contributed by atoms with Gasteiger partial charge in [0.25, 0.3) is 0 Å². The molecule has 0 nitrogen and oxygen atoms in total. The Hall–Kier alpha value is -0.347. The quantitative estimate of drug-likeness (QED) is 0.202.